The molecule has 0 radical (unpaired) electrons. The maximum absolute atomic E-state index is 12.4. The molecule has 0 saturated carbocycles. The van der Waals surface area contributed by atoms with Crippen LogP contribution in [0.2, 0.25) is 0 Å². The van der Waals surface area contributed by atoms with Crippen LogP contribution in [0.15, 0.2) is 0 Å². The van der Waals surface area contributed by atoms with Gasteiger partial charge in [0.15, 0.2) is 0 Å². The van der Waals surface area contributed by atoms with Gasteiger partial charge in [-0.15, -0.1) is 0 Å². The van der Waals surface area contributed by atoms with Crippen molar-refractivity contribution in [1.29, 1.82) is 0 Å². The second-order valence-electron chi connectivity index (χ2n) is 6.71. The SMILES string of the molecule is CN(CC(C)(C)C)C(=O)N1CCCN(CC(=O)O)CC1. The summed E-state index contributed by atoms with van der Waals surface area (Å²) in [6, 6.07) is 0.0390. The van der Waals surface area contributed by atoms with E-state index >= 15 is 0 Å². The monoisotopic (exact) mass is 285 g/mol. The van der Waals surface area contributed by atoms with Crippen LogP contribution in [0.3, 0.4) is 0 Å². The van der Waals surface area contributed by atoms with E-state index in [0.29, 0.717) is 26.2 Å². The number of carbonyl (C=O) groups excluding carboxylic acids is 1. The van der Waals surface area contributed by atoms with Gasteiger partial charge in [-0.05, 0) is 11.8 Å². The normalized spacial score (nSPS) is 17.7. The predicted molar refractivity (Wildman–Crippen MR) is 77.7 cm³/mol. The van der Waals surface area contributed by atoms with Gasteiger partial charge in [0.2, 0.25) is 0 Å². The molecule has 6 heteroatoms. The van der Waals surface area contributed by atoms with Gasteiger partial charge < -0.3 is 14.9 Å². The Bertz CT molecular complexity index is 352. The van der Waals surface area contributed by atoms with E-state index in [9.17, 15) is 9.59 Å². The molecule has 0 aromatic heterocycles. The minimum Gasteiger partial charge on any atom is -0.480 e. The van der Waals surface area contributed by atoms with Crippen LogP contribution in [-0.2, 0) is 4.79 Å². The van der Waals surface area contributed by atoms with E-state index in [2.05, 4.69) is 20.8 Å². The lowest BCUT2D eigenvalue weighted by molar-refractivity contribution is -0.138. The highest BCUT2D eigenvalue weighted by Gasteiger charge is 2.24. The average molecular weight is 285 g/mol. The van der Waals surface area contributed by atoms with E-state index in [-0.39, 0.29) is 18.0 Å². The van der Waals surface area contributed by atoms with Gasteiger partial charge in [-0.2, -0.15) is 0 Å². The molecule has 0 aliphatic carbocycles. The molecular weight excluding hydrogens is 258 g/mol. The van der Waals surface area contributed by atoms with Gasteiger partial charge in [0, 0.05) is 39.8 Å². The smallest absolute Gasteiger partial charge is 0.319 e. The molecule has 1 fully saturated rings. The van der Waals surface area contributed by atoms with Gasteiger partial charge in [-0.25, -0.2) is 4.79 Å². The maximum Gasteiger partial charge on any atom is 0.319 e. The molecule has 0 aromatic rings. The third-order valence-electron chi connectivity index (χ3n) is 3.26. The highest BCUT2D eigenvalue weighted by molar-refractivity contribution is 5.74. The Balaban J connectivity index is 2.51. The number of aliphatic carboxylic acids is 1. The molecule has 2 amide bonds. The van der Waals surface area contributed by atoms with Crippen molar-refractivity contribution in [3.05, 3.63) is 0 Å². The molecule has 0 aromatic carbocycles. The number of rotatable bonds is 3. The van der Waals surface area contributed by atoms with E-state index in [1.807, 2.05) is 16.8 Å². The topological polar surface area (TPSA) is 64.1 Å². The van der Waals surface area contributed by atoms with Crippen LogP contribution in [0.25, 0.3) is 0 Å². The summed E-state index contributed by atoms with van der Waals surface area (Å²) in [7, 11) is 1.83. The Labute approximate surface area is 121 Å². The molecule has 1 rings (SSSR count). The summed E-state index contributed by atoms with van der Waals surface area (Å²) in [4.78, 5) is 28.6. The molecule has 0 spiro atoms. The number of amides is 2. The Morgan fingerprint density at radius 2 is 1.80 bits per heavy atom. The van der Waals surface area contributed by atoms with Crippen molar-refractivity contribution >= 4 is 12.0 Å². The zero-order valence-corrected chi connectivity index (χ0v) is 13.1. The number of hydrogen-bond acceptors (Lipinski definition) is 3. The molecule has 0 bridgehead atoms. The van der Waals surface area contributed by atoms with Crippen LogP contribution in [-0.4, -0.2) is 78.1 Å². The van der Waals surface area contributed by atoms with E-state index in [0.717, 1.165) is 13.0 Å². The fourth-order valence-electron chi connectivity index (χ4n) is 2.53. The number of carboxylic acids is 1. The van der Waals surface area contributed by atoms with Crippen molar-refractivity contribution in [2.24, 2.45) is 5.41 Å². The molecule has 6 nitrogen and oxygen atoms in total. The summed E-state index contributed by atoms with van der Waals surface area (Å²) >= 11 is 0. The van der Waals surface area contributed by atoms with Crippen LogP contribution in [0, 0.1) is 5.41 Å². The quantitative estimate of drug-likeness (QED) is 0.845. The van der Waals surface area contributed by atoms with Crippen molar-refractivity contribution in [3.8, 4) is 0 Å². The van der Waals surface area contributed by atoms with Gasteiger partial charge in [0.25, 0.3) is 0 Å². The van der Waals surface area contributed by atoms with Gasteiger partial charge in [0.1, 0.15) is 0 Å². The third-order valence-corrected chi connectivity index (χ3v) is 3.26. The molecule has 0 unspecified atom stereocenters. The van der Waals surface area contributed by atoms with E-state index < -0.39 is 5.97 Å². The minimum absolute atomic E-state index is 0.0390. The van der Waals surface area contributed by atoms with Gasteiger partial charge in [-0.1, -0.05) is 20.8 Å². The van der Waals surface area contributed by atoms with E-state index in [1.165, 1.54) is 0 Å². The van der Waals surface area contributed by atoms with Crippen LogP contribution in [0.4, 0.5) is 4.79 Å². The van der Waals surface area contributed by atoms with Crippen molar-refractivity contribution in [2.45, 2.75) is 27.2 Å². The molecule has 0 atom stereocenters. The summed E-state index contributed by atoms with van der Waals surface area (Å²) in [6.07, 6.45) is 0.822. The minimum atomic E-state index is -0.811. The Morgan fingerprint density at radius 1 is 1.15 bits per heavy atom. The molecule has 20 heavy (non-hydrogen) atoms. The number of hydrogen-bond donors (Lipinski definition) is 1. The summed E-state index contributed by atoms with van der Waals surface area (Å²) in [5.41, 5.74) is 0.0750. The highest BCUT2D eigenvalue weighted by Crippen LogP contribution is 2.15. The summed E-state index contributed by atoms with van der Waals surface area (Å²) in [6.45, 7) is 9.74. The standard InChI is InChI=1S/C14H27N3O3/c1-14(2,3)11-15(4)13(20)17-7-5-6-16(8-9-17)10-12(18)19/h5-11H2,1-4H3,(H,18,19). The van der Waals surface area contributed by atoms with Gasteiger partial charge >= 0.3 is 12.0 Å². The lowest BCUT2D eigenvalue weighted by atomic mass is 9.96. The van der Waals surface area contributed by atoms with Crippen molar-refractivity contribution in [1.82, 2.24) is 14.7 Å². The third kappa shape index (κ3) is 5.77. The number of carbonyl (C=O) groups is 2. The van der Waals surface area contributed by atoms with Crippen molar-refractivity contribution in [3.63, 3.8) is 0 Å². The van der Waals surface area contributed by atoms with Gasteiger partial charge in [-0.3, -0.25) is 9.69 Å². The van der Waals surface area contributed by atoms with Crippen LogP contribution in [0.5, 0.6) is 0 Å². The Hall–Kier alpha value is -1.30. The Morgan fingerprint density at radius 3 is 2.35 bits per heavy atom. The second kappa shape index (κ2) is 6.92. The average Bonchev–Trinajstić information content (AvgIpc) is 2.50. The molecule has 1 saturated heterocycles. The first-order valence-corrected chi connectivity index (χ1v) is 7.13. The number of carboxylic acid groups (broad SMARTS) is 1. The first-order valence-electron chi connectivity index (χ1n) is 7.13. The molecular formula is C14H27N3O3. The molecule has 1 aliphatic rings. The van der Waals surface area contributed by atoms with E-state index in [4.69, 9.17) is 5.11 Å². The molecule has 1 heterocycles. The number of nitrogens with zero attached hydrogens (tertiary/aromatic N) is 3. The molecule has 116 valence electrons. The van der Waals surface area contributed by atoms with Crippen LogP contribution < -0.4 is 0 Å². The highest BCUT2D eigenvalue weighted by atomic mass is 16.4. The van der Waals surface area contributed by atoms with Crippen LogP contribution in [0.1, 0.15) is 27.2 Å². The first-order chi connectivity index (χ1) is 9.19. The zero-order chi connectivity index (χ0) is 15.3. The molecule has 1 N–H and O–H groups in total. The fourth-order valence-corrected chi connectivity index (χ4v) is 2.53. The summed E-state index contributed by atoms with van der Waals surface area (Å²) in [5.74, 6) is -0.811. The number of urea groups is 1. The van der Waals surface area contributed by atoms with Crippen molar-refractivity contribution in [2.75, 3.05) is 46.3 Å². The molecule has 1 aliphatic heterocycles. The summed E-state index contributed by atoms with van der Waals surface area (Å²) < 4.78 is 0. The Kier molecular flexibility index (Phi) is 5.80. The maximum atomic E-state index is 12.4. The lowest BCUT2D eigenvalue weighted by Gasteiger charge is -2.31. The largest absolute Gasteiger partial charge is 0.480 e. The van der Waals surface area contributed by atoms with Gasteiger partial charge in [0.05, 0.1) is 6.54 Å². The fraction of sp³-hybridized carbons (Fsp3) is 0.857. The predicted octanol–water partition coefficient (Wildman–Crippen LogP) is 1.18. The van der Waals surface area contributed by atoms with E-state index in [1.54, 1.807) is 4.90 Å². The summed E-state index contributed by atoms with van der Waals surface area (Å²) in [5, 5.41) is 8.82. The van der Waals surface area contributed by atoms with Crippen molar-refractivity contribution < 1.29 is 14.7 Å². The van der Waals surface area contributed by atoms with Crippen LogP contribution >= 0.6 is 0 Å². The lowest BCUT2D eigenvalue weighted by Crippen LogP contribution is -2.45. The first kappa shape index (κ1) is 16.8. The second-order valence-corrected chi connectivity index (χ2v) is 6.71. The zero-order valence-electron chi connectivity index (χ0n) is 13.1.